The molecular formula is C13H11N3O4S. The van der Waals surface area contributed by atoms with Crippen molar-refractivity contribution in [2.24, 2.45) is 0 Å². The van der Waals surface area contributed by atoms with Crippen LogP contribution in [0, 0.1) is 0 Å². The van der Waals surface area contributed by atoms with E-state index >= 15 is 0 Å². The molecule has 1 aromatic heterocycles. The Labute approximate surface area is 123 Å². The number of carbonyl (C=O) groups excluding carboxylic acids is 1. The largest absolute Gasteiger partial charge is 0.477 e. The van der Waals surface area contributed by atoms with Crippen LogP contribution in [0.5, 0.6) is 0 Å². The topological polar surface area (TPSA) is 84.7 Å². The van der Waals surface area contributed by atoms with E-state index in [9.17, 15) is 9.59 Å². The van der Waals surface area contributed by atoms with Gasteiger partial charge in [0.05, 0.1) is 24.1 Å². The van der Waals surface area contributed by atoms with E-state index in [1.165, 1.54) is 22.1 Å². The third kappa shape index (κ3) is 1.76. The second-order valence-corrected chi connectivity index (χ2v) is 5.83. The molecule has 1 saturated heterocycles. The highest BCUT2D eigenvalue weighted by Gasteiger charge is 2.49. The molecule has 0 aliphatic carbocycles. The van der Waals surface area contributed by atoms with Gasteiger partial charge in [-0.3, -0.25) is 9.69 Å². The van der Waals surface area contributed by atoms with Gasteiger partial charge in [-0.05, 0) is 6.08 Å². The highest BCUT2D eigenvalue weighted by Crippen LogP contribution is 2.45. The first-order chi connectivity index (χ1) is 10.2. The predicted molar refractivity (Wildman–Crippen MR) is 73.8 cm³/mol. The molecule has 7 nitrogen and oxygen atoms in total. The fourth-order valence-electron chi connectivity index (χ4n) is 2.66. The van der Waals surface area contributed by atoms with Crippen LogP contribution in [0.25, 0.3) is 6.08 Å². The third-order valence-corrected chi connectivity index (χ3v) is 4.80. The predicted octanol–water partition coefficient (Wildman–Crippen LogP) is 0.638. The van der Waals surface area contributed by atoms with Gasteiger partial charge in [-0.1, -0.05) is 0 Å². The lowest BCUT2D eigenvalue weighted by molar-refractivity contribution is -0.141. The highest BCUT2D eigenvalue weighted by atomic mass is 32.2. The molecule has 0 bridgehead atoms. The van der Waals surface area contributed by atoms with Gasteiger partial charge in [-0.25, -0.2) is 9.78 Å². The average Bonchev–Trinajstić information content (AvgIpc) is 3.06. The number of amides is 1. The Bertz CT molecular complexity index is 721. The Kier molecular flexibility index (Phi) is 2.69. The standard InChI is InChI=1S/C13H11N3O4S/c17-11-8(12-16(11)9(6-21-12)13(18)19)3-7-4-14-10-5-20-2-1-15(7)10/h3-4,6,12H,1-2,5H2,(H,18,19)/t12-/m1/s1. The fraction of sp³-hybridized carbons (Fsp3) is 0.308. The van der Waals surface area contributed by atoms with Crippen LogP contribution in [0.1, 0.15) is 11.5 Å². The number of β-lactam (4-membered cyclic amide) rings is 1. The van der Waals surface area contributed by atoms with Crippen molar-refractivity contribution >= 4 is 29.7 Å². The number of hydrogen-bond donors (Lipinski definition) is 1. The van der Waals surface area contributed by atoms with E-state index in [1.54, 1.807) is 12.3 Å². The zero-order valence-electron chi connectivity index (χ0n) is 10.9. The first-order valence-corrected chi connectivity index (χ1v) is 7.37. The van der Waals surface area contributed by atoms with Crippen LogP contribution >= 0.6 is 11.8 Å². The molecule has 0 spiro atoms. The van der Waals surface area contributed by atoms with Crippen LogP contribution in [0.2, 0.25) is 0 Å². The van der Waals surface area contributed by atoms with E-state index in [0.717, 1.165) is 11.5 Å². The second-order valence-electron chi connectivity index (χ2n) is 4.88. The maximum absolute atomic E-state index is 12.1. The van der Waals surface area contributed by atoms with E-state index in [4.69, 9.17) is 9.84 Å². The minimum atomic E-state index is -1.07. The molecule has 8 heteroatoms. The van der Waals surface area contributed by atoms with Gasteiger partial charge in [0.2, 0.25) is 0 Å². The van der Waals surface area contributed by atoms with E-state index in [1.807, 2.05) is 4.57 Å². The minimum absolute atomic E-state index is 0.0517. The molecule has 0 saturated carbocycles. The lowest BCUT2D eigenvalue weighted by Crippen LogP contribution is -2.51. The number of thioether (sulfide) groups is 1. The lowest BCUT2D eigenvalue weighted by Gasteiger charge is -2.37. The summed E-state index contributed by atoms with van der Waals surface area (Å²) in [6.07, 6.45) is 3.52. The van der Waals surface area contributed by atoms with Crippen molar-refractivity contribution in [3.8, 4) is 0 Å². The summed E-state index contributed by atoms with van der Waals surface area (Å²) in [7, 11) is 0. The number of aliphatic carboxylic acids is 1. The van der Waals surface area contributed by atoms with Gasteiger partial charge in [0.1, 0.15) is 23.5 Å². The van der Waals surface area contributed by atoms with E-state index in [0.29, 0.717) is 25.3 Å². The first kappa shape index (κ1) is 12.7. The Balaban J connectivity index is 1.63. The number of imidazole rings is 1. The Morgan fingerprint density at radius 2 is 2.43 bits per heavy atom. The third-order valence-electron chi connectivity index (χ3n) is 3.72. The van der Waals surface area contributed by atoms with Gasteiger partial charge in [-0.2, -0.15) is 0 Å². The molecule has 1 fully saturated rings. The molecule has 0 unspecified atom stereocenters. The number of carbonyl (C=O) groups is 2. The number of carboxylic acid groups (broad SMARTS) is 1. The molecular weight excluding hydrogens is 294 g/mol. The van der Waals surface area contributed by atoms with Gasteiger partial charge in [0, 0.05) is 12.0 Å². The summed E-state index contributed by atoms with van der Waals surface area (Å²) >= 11 is 1.34. The second kappa shape index (κ2) is 4.47. The molecule has 1 atom stereocenters. The average molecular weight is 305 g/mol. The van der Waals surface area contributed by atoms with Crippen molar-refractivity contribution in [2.75, 3.05) is 6.61 Å². The van der Waals surface area contributed by atoms with Crippen LogP contribution in [-0.4, -0.2) is 43.4 Å². The number of carboxylic acids is 1. The quantitative estimate of drug-likeness (QED) is 0.637. The smallest absolute Gasteiger partial charge is 0.353 e. The molecule has 0 aromatic carbocycles. The van der Waals surface area contributed by atoms with Crippen LogP contribution in [-0.2, 0) is 27.5 Å². The highest BCUT2D eigenvalue weighted by molar-refractivity contribution is 8.03. The zero-order chi connectivity index (χ0) is 14.6. The molecule has 0 radical (unpaired) electrons. The maximum atomic E-state index is 12.1. The summed E-state index contributed by atoms with van der Waals surface area (Å²) in [4.78, 5) is 28.8. The summed E-state index contributed by atoms with van der Waals surface area (Å²) in [6, 6.07) is 0. The number of nitrogens with zero attached hydrogens (tertiary/aromatic N) is 3. The molecule has 3 aliphatic rings. The van der Waals surface area contributed by atoms with Crippen molar-refractivity contribution in [2.45, 2.75) is 18.5 Å². The van der Waals surface area contributed by atoms with Crippen molar-refractivity contribution < 1.29 is 19.4 Å². The van der Waals surface area contributed by atoms with Gasteiger partial charge < -0.3 is 14.4 Å². The van der Waals surface area contributed by atoms with Gasteiger partial charge >= 0.3 is 5.97 Å². The molecule has 3 aliphatic heterocycles. The molecule has 4 heterocycles. The van der Waals surface area contributed by atoms with Crippen molar-refractivity contribution in [3.63, 3.8) is 0 Å². The van der Waals surface area contributed by atoms with Gasteiger partial charge in [-0.15, -0.1) is 11.8 Å². The number of ether oxygens (including phenoxy) is 1. The van der Waals surface area contributed by atoms with Crippen molar-refractivity contribution in [1.29, 1.82) is 0 Å². The summed E-state index contributed by atoms with van der Waals surface area (Å²) in [6.45, 7) is 1.82. The Hall–Kier alpha value is -2.06. The SMILES string of the molecule is O=C(O)C1=CS[C@@H]2C(=Cc3cnc4n3CCOC4)C(=O)N12. The number of fused-ring (bicyclic) bond motifs is 2. The van der Waals surface area contributed by atoms with E-state index < -0.39 is 5.97 Å². The molecule has 1 N–H and O–H groups in total. The van der Waals surface area contributed by atoms with E-state index in [-0.39, 0.29) is 17.0 Å². The fourth-order valence-corrected chi connectivity index (χ4v) is 3.78. The van der Waals surface area contributed by atoms with Crippen LogP contribution < -0.4 is 0 Å². The van der Waals surface area contributed by atoms with Gasteiger partial charge in [0.15, 0.2) is 0 Å². The summed E-state index contributed by atoms with van der Waals surface area (Å²) in [5.74, 6) is -0.474. The zero-order valence-corrected chi connectivity index (χ0v) is 11.7. The van der Waals surface area contributed by atoms with Crippen LogP contribution in [0.15, 0.2) is 22.9 Å². The van der Waals surface area contributed by atoms with Crippen molar-refractivity contribution in [3.05, 3.63) is 34.4 Å². The number of aromatic nitrogens is 2. The summed E-state index contributed by atoms with van der Waals surface area (Å²) < 4.78 is 7.35. The number of hydrogen-bond acceptors (Lipinski definition) is 5. The maximum Gasteiger partial charge on any atom is 0.353 e. The lowest BCUT2D eigenvalue weighted by atomic mass is 10.0. The Morgan fingerprint density at radius 3 is 3.24 bits per heavy atom. The van der Waals surface area contributed by atoms with Crippen LogP contribution in [0.4, 0.5) is 0 Å². The normalized spacial score (nSPS) is 25.4. The monoisotopic (exact) mass is 305 g/mol. The molecule has 4 rings (SSSR count). The molecule has 108 valence electrons. The van der Waals surface area contributed by atoms with Crippen molar-refractivity contribution in [1.82, 2.24) is 14.5 Å². The van der Waals surface area contributed by atoms with E-state index in [2.05, 4.69) is 4.98 Å². The summed E-state index contributed by atoms with van der Waals surface area (Å²) in [5, 5.41) is 10.3. The van der Waals surface area contributed by atoms with Gasteiger partial charge in [0.25, 0.3) is 5.91 Å². The summed E-state index contributed by atoms with van der Waals surface area (Å²) in [5.41, 5.74) is 1.53. The molecule has 1 aromatic rings. The first-order valence-electron chi connectivity index (χ1n) is 6.43. The number of rotatable bonds is 2. The van der Waals surface area contributed by atoms with Crippen LogP contribution in [0.3, 0.4) is 0 Å². The minimum Gasteiger partial charge on any atom is -0.477 e. The molecule has 1 amide bonds. The molecule has 21 heavy (non-hydrogen) atoms. The Morgan fingerprint density at radius 1 is 1.57 bits per heavy atom.